The van der Waals surface area contributed by atoms with Gasteiger partial charge in [0.2, 0.25) is 0 Å². The van der Waals surface area contributed by atoms with Crippen LogP contribution < -0.4 is 11.1 Å². The third-order valence-electron chi connectivity index (χ3n) is 2.23. The molecule has 0 atom stereocenters. The average Bonchev–Trinajstić information content (AvgIpc) is 2.17. The molecule has 14 heavy (non-hydrogen) atoms. The van der Waals surface area contributed by atoms with E-state index >= 15 is 0 Å². The SMILES string of the molecule is CC(C)NCc1ccccc1CCN. The third-order valence-corrected chi connectivity index (χ3v) is 2.23. The largest absolute Gasteiger partial charge is 0.330 e. The Morgan fingerprint density at radius 1 is 1.21 bits per heavy atom. The van der Waals surface area contributed by atoms with Crippen LogP contribution in [0, 0.1) is 0 Å². The van der Waals surface area contributed by atoms with Gasteiger partial charge in [-0.05, 0) is 24.1 Å². The topological polar surface area (TPSA) is 38.0 Å². The quantitative estimate of drug-likeness (QED) is 0.745. The van der Waals surface area contributed by atoms with Crippen LogP contribution in [0.2, 0.25) is 0 Å². The summed E-state index contributed by atoms with van der Waals surface area (Å²) in [6.07, 6.45) is 0.968. The summed E-state index contributed by atoms with van der Waals surface area (Å²) in [7, 11) is 0. The Hall–Kier alpha value is -0.860. The van der Waals surface area contributed by atoms with Crippen molar-refractivity contribution in [3.05, 3.63) is 35.4 Å². The number of rotatable bonds is 5. The van der Waals surface area contributed by atoms with Crippen molar-refractivity contribution >= 4 is 0 Å². The van der Waals surface area contributed by atoms with Crippen LogP contribution in [0.1, 0.15) is 25.0 Å². The van der Waals surface area contributed by atoms with E-state index in [1.165, 1.54) is 11.1 Å². The first-order valence-electron chi connectivity index (χ1n) is 5.24. The molecule has 0 heterocycles. The van der Waals surface area contributed by atoms with E-state index in [0.717, 1.165) is 19.5 Å². The first-order valence-corrected chi connectivity index (χ1v) is 5.24. The molecule has 1 aromatic carbocycles. The molecule has 0 amide bonds. The molecule has 1 rings (SSSR count). The molecule has 0 spiro atoms. The van der Waals surface area contributed by atoms with Gasteiger partial charge < -0.3 is 11.1 Å². The van der Waals surface area contributed by atoms with Gasteiger partial charge in [0.05, 0.1) is 0 Å². The summed E-state index contributed by atoms with van der Waals surface area (Å²) in [6.45, 7) is 5.98. The van der Waals surface area contributed by atoms with Crippen molar-refractivity contribution in [2.45, 2.75) is 32.9 Å². The lowest BCUT2D eigenvalue weighted by Gasteiger charge is -2.11. The van der Waals surface area contributed by atoms with Crippen LogP contribution in [0.5, 0.6) is 0 Å². The van der Waals surface area contributed by atoms with Crippen molar-refractivity contribution in [2.75, 3.05) is 6.54 Å². The molecule has 0 fully saturated rings. The van der Waals surface area contributed by atoms with Crippen LogP contribution in [0.3, 0.4) is 0 Å². The number of nitrogens with two attached hydrogens (primary N) is 1. The van der Waals surface area contributed by atoms with Crippen LogP contribution >= 0.6 is 0 Å². The zero-order valence-corrected chi connectivity index (χ0v) is 9.09. The van der Waals surface area contributed by atoms with Crippen molar-refractivity contribution in [1.29, 1.82) is 0 Å². The summed E-state index contributed by atoms with van der Waals surface area (Å²) in [5.74, 6) is 0. The fourth-order valence-electron chi connectivity index (χ4n) is 1.44. The van der Waals surface area contributed by atoms with Crippen molar-refractivity contribution in [1.82, 2.24) is 5.32 Å². The van der Waals surface area contributed by atoms with E-state index in [2.05, 4.69) is 43.4 Å². The standard InChI is InChI=1S/C12H20N2/c1-10(2)14-9-12-6-4-3-5-11(12)7-8-13/h3-6,10,14H,7-9,13H2,1-2H3. The van der Waals surface area contributed by atoms with E-state index in [-0.39, 0.29) is 0 Å². The monoisotopic (exact) mass is 192 g/mol. The van der Waals surface area contributed by atoms with Gasteiger partial charge in [0.25, 0.3) is 0 Å². The molecule has 0 aliphatic heterocycles. The Morgan fingerprint density at radius 3 is 2.43 bits per heavy atom. The highest BCUT2D eigenvalue weighted by molar-refractivity contribution is 5.27. The summed E-state index contributed by atoms with van der Waals surface area (Å²) in [6, 6.07) is 9.01. The second-order valence-electron chi connectivity index (χ2n) is 3.84. The number of benzene rings is 1. The third kappa shape index (κ3) is 3.48. The summed E-state index contributed by atoms with van der Waals surface area (Å²) >= 11 is 0. The van der Waals surface area contributed by atoms with E-state index in [0.29, 0.717) is 6.04 Å². The molecule has 3 N–H and O–H groups in total. The second kappa shape index (κ2) is 5.78. The minimum absolute atomic E-state index is 0.529. The molecule has 0 radical (unpaired) electrons. The van der Waals surface area contributed by atoms with Crippen LogP contribution in [0.4, 0.5) is 0 Å². The summed E-state index contributed by atoms with van der Waals surface area (Å²) in [4.78, 5) is 0. The molecule has 78 valence electrons. The Balaban J connectivity index is 2.64. The minimum atomic E-state index is 0.529. The van der Waals surface area contributed by atoms with E-state index in [1.54, 1.807) is 0 Å². The Morgan fingerprint density at radius 2 is 1.86 bits per heavy atom. The zero-order valence-electron chi connectivity index (χ0n) is 9.09. The minimum Gasteiger partial charge on any atom is -0.330 e. The summed E-state index contributed by atoms with van der Waals surface area (Å²) < 4.78 is 0. The fraction of sp³-hybridized carbons (Fsp3) is 0.500. The molecule has 0 aliphatic carbocycles. The maximum atomic E-state index is 5.56. The molecule has 0 aliphatic rings. The highest BCUT2D eigenvalue weighted by atomic mass is 14.9. The van der Waals surface area contributed by atoms with Gasteiger partial charge in [-0.25, -0.2) is 0 Å². The van der Waals surface area contributed by atoms with Gasteiger partial charge in [0, 0.05) is 12.6 Å². The van der Waals surface area contributed by atoms with Gasteiger partial charge in [-0.2, -0.15) is 0 Å². The predicted octanol–water partition coefficient (Wildman–Crippen LogP) is 1.69. The molecule has 0 bridgehead atoms. The Kier molecular flexibility index (Phi) is 4.63. The second-order valence-corrected chi connectivity index (χ2v) is 3.84. The van der Waals surface area contributed by atoms with Gasteiger partial charge in [-0.15, -0.1) is 0 Å². The van der Waals surface area contributed by atoms with E-state index in [4.69, 9.17) is 5.73 Å². The lowest BCUT2D eigenvalue weighted by Crippen LogP contribution is -2.22. The highest BCUT2D eigenvalue weighted by Crippen LogP contribution is 2.08. The van der Waals surface area contributed by atoms with E-state index in [9.17, 15) is 0 Å². The molecule has 2 heteroatoms. The number of hydrogen-bond donors (Lipinski definition) is 2. The smallest absolute Gasteiger partial charge is 0.0210 e. The Labute approximate surface area is 86.5 Å². The molecule has 0 aromatic heterocycles. The van der Waals surface area contributed by atoms with Gasteiger partial charge in [0.15, 0.2) is 0 Å². The van der Waals surface area contributed by atoms with Gasteiger partial charge in [-0.1, -0.05) is 38.1 Å². The number of hydrogen-bond acceptors (Lipinski definition) is 2. The van der Waals surface area contributed by atoms with Gasteiger partial charge in [0.1, 0.15) is 0 Å². The molecular formula is C12H20N2. The zero-order chi connectivity index (χ0) is 10.4. The van der Waals surface area contributed by atoms with Crippen LogP contribution in [0.25, 0.3) is 0 Å². The van der Waals surface area contributed by atoms with Crippen molar-refractivity contribution < 1.29 is 0 Å². The highest BCUT2D eigenvalue weighted by Gasteiger charge is 2.00. The Bertz CT molecular complexity index is 269. The van der Waals surface area contributed by atoms with Crippen LogP contribution in [-0.2, 0) is 13.0 Å². The predicted molar refractivity (Wildman–Crippen MR) is 61.2 cm³/mol. The summed E-state index contributed by atoms with van der Waals surface area (Å²) in [5.41, 5.74) is 8.30. The molecule has 0 unspecified atom stereocenters. The van der Waals surface area contributed by atoms with E-state index in [1.807, 2.05) is 0 Å². The fourth-order valence-corrected chi connectivity index (χ4v) is 1.44. The lowest BCUT2D eigenvalue weighted by atomic mass is 10.0. The van der Waals surface area contributed by atoms with Crippen molar-refractivity contribution in [2.24, 2.45) is 5.73 Å². The maximum absolute atomic E-state index is 5.56. The number of nitrogens with one attached hydrogen (secondary N) is 1. The van der Waals surface area contributed by atoms with E-state index < -0.39 is 0 Å². The lowest BCUT2D eigenvalue weighted by molar-refractivity contribution is 0.586. The maximum Gasteiger partial charge on any atom is 0.0210 e. The normalized spacial score (nSPS) is 10.9. The molecule has 1 aromatic rings. The van der Waals surface area contributed by atoms with Crippen LogP contribution in [0.15, 0.2) is 24.3 Å². The summed E-state index contributed by atoms with van der Waals surface area (Å²) in [5, 5.41) is 3.42. The first-order chi connectivity index (χ1) is 6.74. The van der Waals surface area contributed by atoms with Crippen LogP contribution in [-0.4, -0.2) is 12.6 Å². The van der Waals surface area contributed by atoms with Crippen molar-refractivity contribution in [3.8, 4) is 0 Å². The molecular weight excluding hydrogens is 172 g/mol. The van der Waals surface area contributed by atoms with Crippen molar-refractivity contribution in [3.63, 3.8) is 0 Å². The van der Waals surface area contributed by atoms with Gasteiger partial charge >= 0.3 is 0 Å². The molecule has 0 saturated carbocycles. The molecule has 2 nitrogen and oxygen atoms in total. The first kappa shape index (κ1) is 11.2. The molecule has 0 saturated heterocycles. The van der Waals surface area contributed by atoms with Gasteiger partial charge in [-0.3, -0.25) is 0 Å². The average molecular weight is 192 g/mol.